The third-order valence-electron chi connectivity index (χ3n) is 3.05. The first-order valence-electron chi connectivity index (χ1n) is 6.53. The van der Waals surface area contributed by atoms with Crippen molar-refractivity contribution in [2.75, 3.05) is 6.54 Å². The molecule has 2 amide bonds. The second kappa shape index (κ2) is 6.12. The standard InChI is InChI=1S/C13H26N2O/c1-13(2,3)15-12(16)14-10-9-11-7-5-4-6-8-11/h11H,4-10H2,1-3H3,(H2,14,15,16). The van der Waals surface area contributed by atoms with Crippen LogP contribution in [0.4, 0.5) is 4.79 Å². The molecular formula is C13H26N2O. The lowest BCUT2D eigenvalue weighted by atomic mass is 9.87. The van der Waals surface area contributed by atoms with Crippen LogP contribution in [0.25, 0.3) is 0 Å². The molecule has 1 rings (SSSR count). The lowest BCUT2D eigenvalue weighted by Crippen LogP contribution is -2.46. The first kappa shape index (κ1) is 13.3. The van der Waals surface area contributed by atoms with Crippen LogP contribution in [0.15, 0.2) is 0 Å². The van der Waals surface area contributed by atoms with Crippen LogP contribution >= 0.6 is 0 Å². The molecule has 0 spiro atoms. The van der Waals surface area contributed by atoms with Crippen molar-refractivity contribution < 1.29 is 4.79 Å². The van der Waals surface area contributed by atoms with Gasteiger partial charge in [-0.2, -0.15) is 0 Å². The number of nitrogens with one attached hydrogen (secondary N) is 2. The fourth-order valence-corrected chi connectivity index (χ4v) is 2.25. The van der Waals surface area contributed by atoms with E-state index >= 15 is 0 Å². The Hall–Kier alpha value is -0.730. The van der Waals surface area contributed by atoms with Crippen molar-refractivity contribution in [1.82, 2.24) is 10.6 Å². The van der Waals surface area contributed by atoms with Crippen molar-refractivity contribution in [1.29, 1.82) is 0 Å². The molecule has 3 nitrogen and oxygen atoms in total. The molecule has 0 atom stereocenters. The Bertz CT molecular complexity index is 214. The molecule has 1 fully saturated rings. The third kappa shape index (κ3) is 5.99. The maximum Gasteiger partial charge on any atom is 0.315 e. The fraction of sp³-hybridized carbons (Fsp3) is 0.923. The monoisotopic (exact) mass is 226 g/mol. The van der Waals surface area contributed by atoms with Crippen molar-refractivity contribution in [3.63, 3.8) is 0 Å². The Balaban J connectivity index is 2.08. The molecule has 0 aliphatic heterocycles. The van der Waals surface area contributed by atoms with Crippen molar-refractivity contribution in [3.05, 3.63) is 0 Å². The van der Waals surface area contributed by atoms with Gasteiger partial charge in [0.15, 0.2) is 0 Å². The third-order valence-corrected chi connectivity index (χ3v) is 3.05. The Morgan fingerprint density at radius 3 is 2.38 bits per heavy atom. The SMILES string of the molecule is CC(C)(C)NC(=O)NCCC1CCCCC1. The lowest BCUT2D eigenvalue weighted by molar-refractivity contribution is 0.230. The van der Waals surface area contributed by atoms with Crippen LogP contribution < -0.4 is 10.6 Å². The van der Waals surface area contributed by atoms with E-state index in [-0.39, 0.29) is 11.6 Å². The number of carbonyl (C=O) groups is 1. The first-order chi connectivity index (χ1) is 7.47. The minimum Gasteiger partial charge on any atom is -0.338 e. The molecule has 0 aromatic heterocycles. The van der Waals surface area contributed by atoms with E-state index in [0.717, 1.165) is 18.9 Å². The van der Waals surface area contributed by atoms with E-state index in [1.54, 1.807) is 0 Å². The number of amides is 2. The highest BCUT2D eigenvalue weighted by atomic mass is 16.2. The van der Waals surface area contributed by atoms with Gasteiger partial charge in [0.1, 0.15) is 0 Å². The summed E-state index contributed by atoms with van der Waals surface area (Å²) >= 11 is 0. The van der Waals surface area contributed by atoms with Crippen LogP contribution in [0, 0.1) is 5.92 Å². The number of hydrogen-bond donors (Lipinski definition) is 2. The number of hydrogen-bond acceptors (Lipinski definition) is 1. The van der Waals surface area contributed by atoms with Crippen LogP contribution in [0.3, 0.4) is 0 Å². The highest BCUT2D eigenvalue weighted by Gasteiger charge is 2.15. The molecule has 0 aromatic carbocycles. The summed E-state index contributed by atoms with van der Waals surface area (Å²) in [6, 6.07) is -0.0386. The lowest BCUT2D eigenvalue weighted by Gasteiger charge is -2.23. The van der Waals surface area contributed by atoms with Gasteiger partial charge in [-0.15, -0.1) is 0 Å². The average molecular weight is 226 g/mol. The van der Waals surface area contributed by atoms with E-state index in [4.69, 9.17) is 0 Å². The maximum absolute atomic E-state index is 11.5. The molecule has 3 heteroatoms. The number of urea groups is 1. The Morgan fingerprint density at radius 1 is 1.19 bits per heavy atom. The molecule has 1 aliphatic rings. The summed E-state index contributed by atoms with van der Waals surface area (Å²) in [7, 11) is 0. The van der Waals surface area contributed by atoms with Gasteiger partial charge in [0.05, 0.1) is 0 Å². The summed E-state index contributed by atoms with van der Waals surface area (Å²) in [4.78, 5) is 11.5. The van der Waals surface area contributed by atoms with Crippen molar-refractivity contribution in [3.8, 4) is 0 Å². The molecule has 0 heterocycles. The van der Waals surface area contributed by atoms with Crippen LogP contribution in [0.2, 0.25) is 0 Å². The molecule has 0 aromatic rings. The van der Waals surface area contributed by atoms with Crippen molar-refractivity contribution >= 4 is 6.03 Å². The Kier molecular flexibility index (Phi) is 5.10. The molecule has 1 saturated carbocycles. The molecule has 0 radical (unpaired) electrons. The maximum atomic E-state index is 11.5. The summed E-state index contributed by atoms with van der Waals surface area (Å²) in [6.45, 7) is 6.79. The van der Waals surface area contributed by atoms with E-state index in [0.29, 0.717) is 0 Å². The van der Waals surface area contributed by atoms with Crippen LogP contribution in [0.5, 0.6) is 0 Å². The van der Waals surface area contributed by atoms with Crippen molar-refractivity contribution in [2.45, 2.75) is 64.8 Å². The quantitative estimate of drug-likeness (QED) is 0.763. The van der Waals surface area contributed by atoms with Gasteiger partial charge in [0.2, 0.25) is 0 Å². The smallest absolute Gasteiger partial charge is 0.315 e. The number of rotatable bonds is 3. The molecular weight excluding hydrogens is 200 g/mol. The van der Waals surface area contributed by atoms with Gasteiger partial charge in [-0.1, -0.05) is 32.1 Å². The van der Waals surface area contributed by atoms with Crippen LogP contribution in [-0.4, -0.2) is 18.1 Å². The summed E-state index contributed by atoms with van der Waals surface area (Å²) in [5.41, 5.74) is -0.144. The van der Waals surface area contributed by atoms with Crippen molar-refractivity contribution in [2.24, 2.45) is 5.92 Å². The van der Waals surface area contributed by atoms with Crippen LogP contribution in [-0.2, 0) is 0 Å². The molecule has 1 aliphatic carbocycles. The highest BCUT2D eigenvalue weighted by molar-refractivity contribution is 5.74. The minimum atomic E-state index is -0.144. The Morgan fingerprint density at radius 2 is 1.81 bits per heavy atom. The fourth-order valence-electron chi connectivity index (χ4n) is 2.25. The summed E-state index contributed by atoms with van der Waals surface area (Å²) in [5, 5.41) is 5.84. The molecule has 94 valence electrons. The van der Waals surface area contributed by atoms with E-state index in [9.17, 15) is 4.79 Å². The largest absolute Gasteiger partial charge is 0.338 e. The van der Waals surface area contributed by atoms with E-state index in [1.165, 1.54) is 32.1 Å². The second-order valence-electron chi connectivity index (χ2n) is 5.92. The molecule has 2 N–H and O–H groups in total. The second-order valence-corrected chi connectivity index (χ2v) is 5.92. The van der Waals surface area contributed by atoms with Gasteiger partial charge < -0.3 is 10.6 Å². The molecule has 0 saturated heterocycles. The van der Waals surface area contributed by atoms with Gasteiger partial charge in [-0.3, -0.25) is 0 Å². The average Bonchev–Trinajstić information content (AvgIpc) is 2.16. The topological polar surface area (TPSA) is 41.1 Å². The molecule has 0 bridgehead atoms. The predicted octanol–water partition coefficient (Wildman–Crippen LogP) is 3.05. The van der Waals surface area contributed by atoms with E-state index in [1.807, 2.05) is 20.8 Å². The predicted molar refractivity (Wildman–Crippen MR) is 67.5 cm³/mol. The van der Waals surface area contributed by atoms with Gasteiger partial charge in [0.25, 0.3) is 0 Å². The highest BCUT2D eigenvalue weighted by Crippen LogP contribution is 2.25. The zero-order chi connectivity index (χ0) is 12.0. The zero-order valence-corrected chi connectivity index (χ0v) is 10.9. The van der Waals surface area contributed by atoms with Gasteiger partial charge in [-0.05, 0) is 33.1 Å². The van der Waals surface area contributed by atoms with Crippen LogP contribution in [0.1, 0.15) is 59.3 Å². The summed E-state index contributed by atoms with van der Waals surface area (Å²) in [5.74, 6) is 0.837. The first-order valence-corrected chi connectivity index (χ1v) is 6.53. The van der Waals surface area contributed by atoms with Gasteiger partial charge >= 0.3 is 6.03 Å². The minimum absolute atomic E-state index is 0.0386. The van der Waals surface area contributed by atoms with Gasteiger partial charge in [0, 0.05) is 12.1 Å². The van der Waals surface area contributed by atoms with E-state index < -0.39 is 0 Å². The summed E-state index contributed by atoms with van der Waals surface area (Å²) in [6.07, 6.45) is 7.98. The molecule has 0 unspecified atom stereocenters. The number of carbonyl (C=O) groups excluding carboxylic acids is 1. The Labute approximate surface area is 99.4 Å². The summed E-state index contributed by atoms with van der Waals surface area (Å²) < 4.78 is 0. The van der Waals surface area contributed by atoms with Gasteiger partial charge in [-0.25, -0.2) is 4.79 Å². The zero-order valence-electron chi connectivity index (χ0n) is 10.9. The normalized spacial score (nSPS) is 18.2. The molecule has 16 heavy (non-hydrogen) atoms. The van der Waals surface area contributed by atoms with E-state index in [2.05, 4.69) is 10.6 Å².